The van der Waals surface area contributed by atoms with Crippen molar-refractivity contribution in [1.82, 2.24) is 9.80 Å². The minimum absolute atomic E-state index is 0.0604. The van der Waals surface area contributed by atoms with Crippen molar-refractivity contribution < 1.29 is 17.6 Å². The number of carbonyl (C=O) groups is 1. The first-order chi connectivity index (χ1) is 13.3. The molecule has 1 aliphatic heterocycles. The van der Waals surface area contributed by atoms with Crippen molar-refractivity contribution in [3.8, 4) is 0 Å². The Morgan fingerprint density at radius 2 is 1.68 bits per heavy atom. The first kappa shape index (κ1) is 21.2. The van der Waals surface area contributed by atoms with Crippen LogP contribution in [0.1, 0.15) is 50.5 Å². The largest absolute Gasteiger partial charge is 0.334 e. The second-order valence-electron chi connectivity index (χ2n) is 8.00. The molecule has 1 aromatic rings. The van der Waals surface area contributed by atoms with Crippen LogP contribution in [0.25, 0.3) is 0 Å². The molecule has 1 saturated carbocycles. The van der Waals surface area contributed by atoms with Crippen LogP contribution in [-0.4, -0.2) is 55.1 Å². The smallest absolute Gasteiger partial charge is 0.237 e. The Morgan fingerprint density at radius 3 is 2.25 bits per heavy atom. The van der Waals surface area contributed by atoms with Gasteiger partial charge >= 0.3 is 0 Å². The Balaban J connectivity index is 1.64. The number of likely N-dealkylation sites (tertiary alicyclic amines) is 1. The van der Waals surface area contributed by atoms with Crippen molar-refractivity contribution in [3.63, 3.8) is 0 Å². The summed E-state index contributed by atoms with van der Waals surface area (Å²) in [5.41, 5.74) is 0.924. The van der Waals surface area contributed by atoms with Crippen molar-refractivity contribution in [3.05, 3.63) is 35.6 Å². The molecule has 28 heavy (non-hydrogen) atoms. The van der Waals surface area contributed by atoms with Gasteiger partial charge in [0.05, 0.1) is 11.8 Å². The first-order valence-corrected chi connectivity index (χ1v) is 11.7. The van der Waals surface area contributed by atoms with Crippen molar-refractivity contribution in [2.45, 2.75) is 62.8 Å². The number of nitrogens with two attached hydrogens (primary N) is 1. The predicted molar refractivity (Wildman–Crippen MR) is 106 cm³/mol. The van der Waals surface area contributed by atoms with Crippen LogP contribution in [0.3, 0.4) is 0 Å². The number of amides is 1. The molecule has 0 unspecified atom stereocenters. The van der Waals surface area contributed by atoms with Crippen LogP contribution in [0.15, 0.2) is 24.3 Å². The lowest BCUT2D eigenvalue weighted by molar-refractivity contribution is -0.136. The third-order valence-electron chi connectivity index (χ3n) is 5.96. The number of hydrogen-bond acceptors (Lipinski definition) is 4. The van der Waals surface area contributed by atoms with Gasteiger partial charge in [0.15, 0.2) is 0 Å². The molecular weight excluding hydrogens is 381 g/mol. The third-order valence-corrected chi connectivity index (χ3v) is 7.36. The Labute approximate surface area is 166 Å². The van der Waals surface area contributed by atoms with E-state index < -0.39 is 15.3 Å². The molecule has 6 nitrogen and oxygen atoms in total. The van der Waals surface area contributed by atoms with Gasteiger partial charge in [-0.3, -0.25) is 9.69 Å². The number of benzene rings is 1. The molecule has 0 bridgehead atoms. The highest BCUT2D eigenvalue weighted by atomic mass is 32.2. The lowest BCUT2D eigenvalue weighted by Crippen LogP contribution is -2.49. The van der Waals surface area contributed by atoms with E-state index in [1.165, 1.54) is 18.6 Å². The van der Waals surface area contributed by atoms with Gasteiger partial charge < -0.3 is 4.90 Å². The number of nitrogens with zero attached hydrogens (tertiary/aromatic N) is 2. The van der Waals surface area contributed by atoms with E-state index in [9.17, 15) is 17.6 Å². The lowest BCUT2D eigenvalue weighted by atomic mass is 9.93. The molecule has 0 spiro atoms. The van der Waals surface area contributed by atoms with E-state index in [0.717, 1.165) is 31.2 Å². The topological polar surface area (TPSA) is 83.7 Å². The summed E-state index contributed by atoms with van der Waals surface area (Å²) in [6.45, 7) is 1.89. The molecule has 2 fully saturated rings. The summed E-state index contributed by atoms with van der Waals surface area (Å²) >= 11 is 0. The number of rotatable bonds is 6. The quantitative estimate of drug-likeness (QED) is 0.778. The fourth-order valence-electron chi connectivity index (χ4n) is 4.28. The predicted octanol–water partition coefficient (Wildman–Crippen LogP) is 2.24. The molecule has 8 heteroatoms. The van der Waals surface area contributed by atoms with Gasteiger partial charge in [-0.2, -0.15) is 0 Å². The maximum atomic E-state index is 13.2. The minimum atomic E-state index is -3.51. The van der Waals surface area contributed by atoms with Gasteiger partial charge in [0.1, 0.15) is 5.82 Å². The monoisotopic (exact) mass is 411 g/mol. The van der Waals surface area contributed by atoms with Crippen LogP contribution in [0, 0.1) is 5.82 Å². The summed E-state index contributed by atoms with van der Waals surface area (Å²) in [5, 5.41) is 4.74. The molecule has 1 saturated heterocycles. The first-order valence-electron chi connectivity index (χ1n) is 10.1. The number of sulfonamides is 1. The lowest BCUT2D eigenvalue weighted by Gasteiger charge is -2.37. The van der Waals surface area contributed by atoms with Crippen LogP contribution >= 0.6 is 0 Å². The number of piperidine rings is 1. The summed E-state index contributed by atoms with van der Waals surface area (Å²) in [5.74, 6) is -0.220. The maximum absolute atomic E-state index is 13.2. The summed E-state index contributed by atoms with van der Waals surface area (Å²) in [6.07, 6.45) is 6.38. The van der Waals surface area contributed by atoms with Crippen LogP contribution in [0.5, 0.6) is 0 Å². The minimum Gasteiger partial charge on any atom is -0.334 e. The molecule has 1 aromatic carbocycles. The van der Waals surface area contributed by atoms with Gasteiger partial charge in [-0.1, -0.05) is 31.4 Å². The van der Waals surface area contributed by atoms with E-state index in [-0.39, 0.29) is 24.3 Å². The third kappa shape index (κ3) is 5.75. The zero-order valence-corrected chi connectivity index (χ0v) is 17.0. The molecule has 0 radical (unpaired) electrons. The van der Waals surface area contributed by atoms with Gasteiger partial charge in [0.2, 0.25) is 15.9 Å². The SMILES string of the molecule is NS(=O)(=O)C1CCN(CC(=O)N(Cc2ccc(F)cc2)C2CCCCC2)CC1. The Kier molecular flexibility index (Phi) is 7.06. The number of halogens is 1. The van der Waals surface area contributed by atoms with Crippen molar-refractivity contribution in [2.75, 3.05) is 19.6 Å². The van der Waals surface area contributed by atoms with Gasteiger partial charge in [-0.25, -0.2) is 17.9 Å². The van der Waals surface area contributed by atoms with E-state index in [4.69, 9.17) is 5.14 Å². The molecule has 2 aliphatic rings. The van der Waals surface area contributed by atoms with Crippen LogP contribution in [-0.2, 0) is 21.4 Å². The Morgan fingerprint density at radius 1 is 1.07 bits per heavy atom. The molecule has 2 N–H and O–H groups in total. The van der Waals surface area contributed by atoms with E-state index in [2.05, 4.69) is 0 Å². The van der Waals surface area contributed by atoms with Crippen LogP contribution in [0.2, 0.25) is 0 Å². The second kappa shape index (κ2) is 9.33. The molecule has 0 atom stereocenters. The average Bonchev–Trinajstić information content (AvgIpc) is 2.68. The maximum Gasteiger partial charge on any atom is 0.237 e. The van der Waals surface area contributed by atoms with Gasteiger partial charge in [-0.05, 0) is 56.5 Å². The van der Waals surface area contributed by atoms with Gasteiger partial charge in [0, 0.05) is 12.6 Å². The Hall–Kier alpha value is -1.51. The zero-order valence-electron chi connectivity index (χ0n) is 16.2. The van der Waals surface area contributed by atoms with E-state index >= 15 is 0 Å². The van der Waals surface area contributed by atoms with E-state index in [0.29, 0.717) is 32.5 Å². The molecular formula is C20H30FN3O3S. The molecule has 0 aromatic heterocycles. The Bertz CT molecular complexity index is 755. The molecule has 3 rings (SSSR count). The molecule has 1 aliphatic carbocycles. The van der Waals surface area contributed by atoms with E-state index in [1.54, 1.807) is 12.1 Å². The van der Waals surface area contributed by atoms with Gasteiger partial charge in [-0.15, -0.1) is 0 Å². The van der Waals surface area contributed by atoms with Crippen molar-refractivity contribution in [2.24, 2.45) is 5.14 Å². The van der Waals surface area contributed by atoms with Gasteiger partial charge in [0.25, 0.3) is 0 Å². The molecule has 156 valence electrons. The zero-order chi connectivity index (χ0) is 20.1. The summed E-state index contributed by atoms with van der Waals surface area (Å²) in [6, 6.07) is 6.54. The summed E-state index contributed by atoms with van der Waals surface area (Å²) < 4.78 is 36.3. The second-order valence-corrected chi connectivity index (χ2v) is 9.85. The van der Waals surface area contributed by atoms with Crippen LogP contribution < -0.4 is 5.14 Å². The van der Waals surface area contributed by atoms with Crippen molar-refractivity contribution >= 4 is 15.9 Å². The normalized spacial score (nSPS) is 20.2. The van der Waals surface area contributed by atoms with Crippen LogP contribution in [0.4, 0.5) is 4.39 Å². The number of carbonyl (C=O) groups excluding carboxylic acids is 1. The van der Waals surface area contributed by atoms with Crippen molar-refractivity contribution in [1.29, 1.82) is 0 Å². The van der Waals surface area contributed by atoms with E-state index in [1.807, 2.05) is 9.80 Å². The highest BCUT2D eigenvalue weighted by Gasteiger charge is 2.31. The molecule has 1 heterocycles. The summed E-state index contributed by atoms with van der Waals surface area (Å²) in [4.78, 5) is 17.1. The highest BCUT2D eigenvalue weighted by Crippen LogP contribution is 2.25. The summed E-state index contributed by atoms with van der Waals surface area (Å²) in [7, 11) is -3.51. The fraction of sp³-hybridized carbons (Fsp3) is 0.650. The highest BCUT2D eigenvalue weighted by molar-refractivity contribution is 7.89. The number of primary sulfonamides is 1. The molecule has 1 amide bonds. The average molecular weight is 412 g/mol. The fourth-order valence-corrected chi connectivity index (χ4v) is 5.15. The standard InChI is InChI=1S/C20H30FN3O3S/c21-17-8-6-16(7-9-17)14-24(18-4-2-1-3-5-18)20(25)15-23-12-10-19(11-13-23)28(22,26)27/h6-9,18-19H,1-5,10-15H2,(H2,22,26,27). The number of hydrogen-bond donors (Lipinski definition) is 1.